The van der Waals surface area contributed by atoms with Gasteiger partial charge in [0.05, 0.1) is 18.6 Å². The van der Waals surface area contributed by atoms with E-state index in [1.54, 1.807) is 4.90 Å². The number of carboxylic acid groups (broad SMARTS) is 1. The molecule has 2 N–H and O–H groups in total. The molecule has 0 aromatic heterocycles. The molecule has 2 aliphatic rings. The van der Waals surface area contributed by atoms with Crippen molar-refractivity contribution >= 4 is 17.9 Å². The summed E-state index contributed by atoms with van der Waals surface area (Å²) in [5.41, 5.74) is 0. The Hall–Kier alpha value is -1.83. The second-order valence-electron chi connectivity index (χ2n) is 5.54. The number of hydrogen-bond acceptors (Lipinski definition) is 4. The van der Waals surface area contributed by atoms with E-state index in [1.165, 1.54) is 4.90 Å². The van der Waals surface area contributed by atoms with Crippen LogP contribution in [0.5, 0.6) is 0 Å². The molecule has 2 fully saturated rings. The van der Waals surface area contributed by atoms with Gasteiger partial charge in [0.2, 0.25) is 5.91 Å². The van der Waals surface area contributed by atoms with Gasteiger partial charge in [0.25, 0.3) is 0 Å². The molecule has 0 aromatic rings. The van der Waals surface area contributed by atoms with E-state index >= 15 is 0 Å². The van der Waals surface area contributed by atoms with E-state index in [0.717, 1.165) is 0 Å². The third-order valence-electron chi connectivity index (χ3n) is 3.63. The zero-order chi connectivity index (χ0) is 15.6. The molecule has 0 aromatic carbocycles. The number of carbonyl (C=O) groups excluding carboxylic acids is 2. The maximum absolute atomic E-state index is 12.6. The Morgan fingerprint density at radius 1 is 1.33 bits per heavy atom. The zero-order valence-electron chi connectivity index (χ0n) is 12.2. The molecule has 2 rings (SSSR count). The van der Waals surface area contributed by atoms with Gasteiger partial charge in [-0.25, -0.2) is 4.79 Å². The Morgan fingerprint density at radius 3 is 2.52 bits per heavy atom. The minimum atomic E-state index is -1.10. The summed E-state index contributed by atoms with van der Waals surface area (Å²) in [4.78, 5) is 38.3. The maximum Gasteiger partial charge on any atom is 0.320 e. The molecule has 3 amide bonds. The van der Waals surface area contributed by atoms with Crippen LogP contribution in [0, 0.1) is 0 Å². The van der Waals surface area contributed by atoms with Gasteiger partial charge >= 0.3 is 12.0 Å². The van der Waals surface area contributed by atoms with Crippen LogP contribution >= 0.6 is 0 Å². The lowest BCUT2D eigenvalue weighted by Gasteiger charge is -2.41. The SMILES string of the molecule is CC1CN(C(=O)N2CCNC(=O)C2CC(=O)O)CC(C)O1. The van der Waals surface area contributed by atoms with Gasteiger partial charge in [0, 0.05) is 26.2 Å². The highest BCUT2D eigenvalue weighted by atomic mass is 16.5. The molecule has 0 saturated carbocycles. The molecule has 2 saturated heterocycles. The number of rotatable bonds is 2. The van der Waals surface area contributed by atoms with Crippen LogP contribution in [0.2, 0.25) is 0 Å². The highest BCUT2D eigenvalue weighted by molar-refractivity contribution is 5.91. The van der Waals surface area contributed by atoms with Gasteiger partial charge < -0.3 is 25.0 Å². The molecular formula is C13H21N3O5. The Labute approximate surface area is 123 Å². The molecule has 0 radical (unpaired) electrons. The van der Waals surface area contributed by atoms with Crippen LogP contribution in [0.3, 0.4) is 0 Å². The summed E-state index contributed by atoms with van der Waals surface area (Å²) in [5, 5.41) is 11.5. The first-order valence-electron chi connectivity index (χ1n) is 7.09. The van der Waals surface area contributed by atoms with E-state index in [4.69, 9.17) is 9.84 Å². The molecule has 0 aliphatic carbocycles. The van der Waals surface area contributed by atoms with Crippen molar-refractivity contribution in [1.82, 2.24) is 15.1 Å². The first-order chi connectivity index (χ1) is 9.88. The van der Waals surface area contributed by atoms with Crippen LogP contribution in [-0.2, 0) is 14.3 Å². The molecule has 3 unspecified atom stereocenters. The number of carboxylic acids is 1. The van der Waals surface area contributed by atoms with Crippen LogP contribution in [-0.4, -0.2) is 77.2 Å². The lowest BCUT2D eigenvalue weighted by molar-refractivity contribution is -0.142. The fourth-order valence-corrected chi connectivity index (χ4v) is 2.83. The van der Waals surface area contributed by atoms with Crippen molar-refractivity contribution in [2.24, 2.45) is 0 Å². The predicted molar refractivity (Wildman–Crippen MR) is 72.7 cm³/mol. The highest BCUT2D eigenvalue weighted by Gasteiger charge is 2.38. The molecule has 0 spiro atoms. The second-order valence-corrected chi connectivity index (χ2v) is 5.54. The average Bonchev–Trinajstić information content (AvgIpc) is 2.38. The summed E-state index contributed by atoms with van der Waals surface area (Å²) >= 11 is 0. The van der Waals surface area contributed by atoms with Crippen molar-refractivity contribution in [1.29, 1.82) is 0 Å². The van der Waals surface area contributed by atoms with Crippen molar-refractivity contribution in [2.45, 2.75) is 38.5 Å². The van der Waals surface area contributed by atoms with Crippen LogP contribution in [0.1, 0.15) is 20.3 Å². The third-order valence-corrected chi connectivity index (χ3v) is 3.63. The summed E-state index contributed by atoms with van der Waals surface area (Å²) in [6, 6.07) is -1.24. The molecular weight excluding hydrogens is 278 g/mol. The largest absolute Gasteiger partial charge is 0.481 e. The van der Waals surface area contributed by atoms with E-state index in [0.29, 0.717) is 26.2 Å². The van der Waals surface area contributed by atoms with Crippen LogP contribution < -0.4 is 5.32 Å². The van der Waals surface area contributed by atoms with E-state index in [1.807, 2.05) is 13.8 Å². The maximum atomic E-state index is 12.6. The molecule has 21 heavy (non-hydrogen) atoms. The summed E-state index contributed by atoms with van der Waals surface area (Å²) < 4.78 is 5.58. The number of aliphatic carboxylic acids is 1. The van der Waals surface area contributed by atoms with Crippen molar-refractivity contribution in [3.8, 4) is 0 Å². The van der Waals surface area contributed by atoms with E-state index in [-0.39, 0.29) is 24.7 Å². The highest BCUT2D eigenvalue weighted by Crippen LogP contribution is 2.17. The van der Waals surface area contributed by atoms with Gasteiger partial charge in [-0.3, -0.25) is 9.59 Å². The molecule has 8 nitrogen and oxygen atoms in total. The van der Waals surface area contributed by atoms with Crippen LogP contribution in [0.15, 0.2) is 0 Å². The van der Waals surface area contributed by atoms with Gasteiger partial charge in [-0.15, -0.1) is 0 Å². The lowest BCUT2D eigenvalue weighted by atomic mass is 10.1. The number of amides is 3. The van der Waals surface area contributed by atoms with Crippen molar-refractivity contribution in [3.05, 3.63) is 0 Å². The third kappa shape index (κ3) is 3.63. The average molecular weight is 299 g/mol. The minimum Gasteiger partial charge on any atom is -0.481 e. The second kappa shape index (κ2) is 6.30. The van der Waals surface area contributed by atoms with Gasteiger partial charge in [0.1, 0.15) is 6.04 Å². The number of hydrogen-bond donors (Lipinski definition) is 2. The standard InChI is InChI=1S/C13H21N3O5/c1-8-6-15(7-9(2)21-8)13(20)16-4-3-14-12(19)10(16)5-11(17)18/h8-10H,3-7H2,1-2H3,(H,14,19)(H,17,18). The number of morpholine rings is 1. The van der Waals surface area contributed by atoms with Crippen LogP contribution in [0.4, 0.5) is 4.79 Å². The van der Waals surface area contributed by atoms with Gasteiger partial charge in [-0.1, -0.05) is 0 Å². The smallest absolute Gasteiger partial charge is 0.320 e. The summed E-state index contributed by atoms with van der Waals surface area (Å²) in [6.45, 7) is 5.32. The molecule has 8 heteroatoms. The molecule has 2 heterocycles. The number of piperazine rings is 1. The number of ether oxygens (including phenoxy) is 1. The fraction of sp³-hybridized carbons (Fsp3) is 0.769. The molecule has 3 atom stereocenters. The number of carbonyl (C=O) groups is 3. The van der Waals surface area contributed by atoms with Crippen molar-refractivity contribution < 1.29 is 24.2 Å². The van der Waals surface area contributed by atoms with Gasteiger partial charge in [0.15, 0.2) is 0 Å². The first kappa shape index (κ1) is 15.6. The summed E-state index contributed by atoms with van der Waals surface area (Å²) in [7, 11) is 0. The van der Waals surface area contributed by atoms with E-state index < -0.39 is 17.9 Å². The van der Waals surface area contributed by atoms with Gasteiger partial charge in [-0.05, 0) is 13.8 Å². The first-order valence-corrected chi connectivity index (χ1v) is 7.09. The fourth-order valence-electron chi connectivity index (χ4n) is 2.83. The normalized spacial score (nSPS) is 30.0. The Morgan fingerprint density at radius 2 is 1.95 bits per heavy atom. The monoisotopic (exact) mass is 299 g/mol. The van der Waals surface area contributed by atoms with E-state index in [2.05, 4.69) is 5.32 Å². The van der Waals surface area contributed by atoms with Crippen molar-refractivity contribution in [3.63, 3.8) is 0 Å². The zero-order valence-corrected chi connectivity index (χ0v) is 12.2. The van der Waals surface area contributed by atoms with Crippen LogP contribution in [0.25, 0.3) is 0 Å². The predicted octanol–water partition coefficient (Wildman–Crippen LogP) is -0.509. The Balaban J connectivity index is 2.11. The molecule has 0 bridgehead atoms. The lowest BCUT2D eigenvalue weighted by Crippen LogP contribution is -2.62. The summed E-state index contributed by atoms with van der Waals surface area (Å²) in [6.07, 6.45) is -0.531. The van der Waals surface area contributed by atoms with Crippen molar-refractivity contribution in [2.75, 3.05) is 26.2 Å². The number of urea groups is 1. The Bertz CT molecular complexity index is 432. The quantitative estimate of drug-likeness (QED) is 0.715. The van der Waals surface area contributed by atoms with E-state index in [9.17, 15) is 14.4 Å². The summed E-state index contributed by atoms with van der Waals surface area (Å²) in [5.74, 6) is -1.51. The Kier molecular flexibility index (Phi) is 4.66. The number of nitrogens with zero attached hydrogens (tertiary/aromatic N) is 2. The topological polar surface area (TPSA) is 99.2 Å². The minimum absolute atomic E-state index is 0.0748. The number of nitrogens with one attached hydrogen (secondary N) is 1. The molecule has 2 aliphatic heterocycles. The van der Waals surface area contributed by atoms with Gasteiger partial charge in [-0.2, -0.15) is 0 Å². The molecule has 118 valence electrons.